The van der Waals surface area contributed by atoms with Gasteiger partial charge in [-0.15, -0.1) is 0 Å². The number of rotatable bonds is 4. The summed E-state index contributed by atoms with van der Waals surface area (Å²) >= 11 is 0. The molecule has 1 amide bonds. The van der Waals surface area contributed by atoms with E-state index in [-0.39, 0.29) is 17.5 Å². The first-order valence-corrected chi connectivity index (χ1v) is 5.65. The molecule has 17 heavy (non-hydrogen) atoms. The molecule has 94 valence electrons. The Morgan fingerprint density at radius 2 is 2.12 bits per heavy atom. The van der Waals surface area contributed by atoms with Crippen molar-refractivity contribution in [3.63, 3.8) is 0 Å². The van der Waals surface area contributed by atoms with Gasteiger partial charge < -0.3 is 9.64 Å². The standard InChI is InChI=1S/C13H18FNO2/c1-5-15(9(2)3)13(16)11-8-10(14)6-7-12(11)17-4/h6-9H,5H2,1-4H3. The van der Waals surface area contributed by atoms with Crippen molar-refractivity contribution >= 4 is 5.91 Å². The number of carbonyl (C=O) groups is 1. The van der Waals surface area contributed by atoms with Gasteiger partial charge in [0.2, 0.25) is 0 Å². The highest BCUT2D eigenvalue weighted by Gasteiger charge is 2.21. The van der Waals surface area contributed by atoms with E-state index >= 15 is 0 Å². The second-order valence-corrected chi connectivity index (χ2v) is 4.03. The Morgan fingerprint density at radius 1 is 1.47 bits per heavy atom. The fraction of sp³-hybridized carbons (Fsp3) is 0.462. The van der Waals surface area contributed by atoms with Gasteiger partial charge in [0, 0.05) is 12.6 Å². The number of amides is 1. The van der Waals surface area contributed by atoms with Gasteiger partial charge in [0.05, 0.1) is 12.7 Å². The molecule has 1 aromatic rings. The Balaban J connectivity index is 3.13. The molecule has 0 aliphatic carbocycles. The summed E-state index contributed by atoms with van der Waals surface area (Å²) in [4.78, 5) is 13.9. The molecule has 0 spiro atoms. The third-order valence-corrected chi connectivity index (χ3v) is 2.62. The fourth-order valence-corrected chi connectivity index (χ4v) is 1.75. The smallest absolute Gasteiger partial charge is 0.257 e. The summed E-state index contributed by atoms with van der Waals surface area (Å²) in [6, 6.07) is 4.03. The van der Waals surface area contributed by atoms with Gasteiger partial charge in [-0.1, -0.05) is 0 Å². The molecule has 0 aromatic heterocycles. The lowest BCUT2D eigenvalue weighted by Gasteiger charge is -2.25. The quantitative estimate of drug-likeness (QED) is 0.808. The first kappa shape index (κ1) is 13.5. The lowest BCUT2D eigenvalue weighted by molar-refractivity contribution is 0.0713. The average Bonchev–Trinajstić information content (AvgIpc) is 2.29. The second kappa shape index (κ2) is 5.66. The molecule has 0 atom stereocenters. The van der Waals surface area contributed by atoms with Gasteiger partial charge in [-0.25, -0.2) is 4.39 Å². The number of ether oxygens (including phenoxy) is 1. The molecule has 0 saturated heterocycles. The number of methoxy groups -OCH3 is 1. The van der Waals surface area contributed by atoms with Crippen LogP contribution in [-0.4, -0.2) is 30.5 Å². The van der Waals surface area contributed by atoms with E-state index in [0.29, 0.717) is 12.3 Å². The lowest BCUT2D eigenvalue weighted by Crippen LogP contribution is -2.36. The Kier molecular flexibility index (Phi) is 4.49. The number of benzene rings is 1. The van der Waals surface area contributed by atoms with E-state index in [4.69, 9.17) is 4.74 Å². The molecule has 0 unspecified atom stereocenters. The van der Waals surface area contributed by atoms with Crippen LogP contribution in [0.5, 0.6) is 5.75 Å². The molecule has 0 aliphatic heterocycles. The molecule has 3 nitrogen and oxygen atoms in total. The normalized spacial score (nSPS) is 10.5. The molecular weight excluding hydrogens is 221 g/mol. The first-order valence-electron chi connectivity index (χ1n) is 5.65. The van der Waals surface area contributed by atoms with E-state index in [9.17, 15) is 9.18 Å². The van der Waals surface area contributed by atoms with Crippen LogP contribution in [0.1, 0.15) is 31.1 Å². The monoisotopic (exact) mass is 239 g/mol. The highest BCUT2D eigenvalue weighted by Crippen LogP contribution is 2.21. The van der Waals surface area contributed by atoms with Gasteiger partial charge in [0.15, 0.2) is 0 Å². The first-order chi connectivity index (χ1) is 8.01. The van der Waals surface area contributed by atoms with Crippen molar-refractivity contribution in [2.24, 2.45) is 0 Å². The Labute approximate surface area is 101 Å². The Morgan fingerprint density at radius 3 is 2.59 bits per heavy atom. The van der Waals surface area contributed by atoms with Crippen LogP contribution in [-0.2, 0) is 0 Å². The van der Waals surface area contributed by atoms with E-state index in [1.54, 1.807) is 4.90 Å². The van der Waals surface area contributed by atoms with Gasteiger partial charge in [-0.05, 0) is 39.0 Å². The van der Waals surface area contributed by atoms with Crippen LogP contribution in [0.15, 0.2) is 18.2 Å². The number of carbonyl (C=O) groups excluding carboxylic acids is 1. The minimum Gasteiger partial charge on any atom is -0.496 e. The van der Waals surface area contributed by atoms with Gasteiger partial charge in [0.25, 0.3) is 5.91 Å². The summed E-state index contributed by atoms with van der Waals surface area (Å²) in [5, 5.41) is 0. The van der Waals surface area contributed by atoms with Crippen LogP contribution < -0.4 is 4.74 Å². The maximum Gasteiger partial charge on any atom is 0.257 e. The highest BCUT2D eigenvalue weighted by atomic mass is 19.1. The maximum atomic E-state index is 13.2. The van der Waals surface area contributed by atoms with Crippen LogP contribution in [0.4, 0.5) is 4.39 Å². The third-order valence-electron chi connectivity index (χ3n) is 2.62. The summed E-state index contributed by atoms with van der Waals surface area (Å²) < 4.78 is 18.3. The minimum absolute atomic E-state index is 0.0699. The average molecular weight is 239 g/mol. The zero-order chi connectivity index (χ0) is 13.0. The molecular formula is C13H18FNO2. The molecule has 0 radical (unpaired) electrons. The molecule has 0 N–H and O–H groups in total. The van der Waals surface area contributed by atoms with Crippen molar-refractivity contribution in [3.8, 4) is 5.75 Å². The Hall–Kier alpha value is -1.58. The molecule has 0 bridgehead atoms. The van der Waals surface area contributed by atoms with Gasteiger partial charge >= 0.3 is 0 Å². The van der Waals surface area contributed by atoms with Gasteiger partial charge in [-0.2, -0.15) is 0 Å². The molecule has 1 aromatic carbocycles. The van der Waals surface area contributed by atoms with Crippen molar-refractivity contribution in [1.82, 2.24) is 4.90 Å². The van der Waals surface area contributed by atoms with Crippen molar-refractivity contribution in [1.29, 1.82) is 0 Å². The summed E-state index contributed by atoms with van der Waals surface area (Å²) in [5.41, 5.74) is 0.267. The number of halogens is 1. The summed E-state index contributed by atoms with van der Waals surface area (Å²) in [6.45, 7) is 6.32. The van der Waals surface area contributed by atoms with Crippen molar-refractivity contribution in [3.05, 3.63) is 29.6 Å². The molecule has 0 saturated carbocycles. The molecule has 0 fully saturated rings. The lowest BCUT2D eigenvalue weighted by atomic mass is 10.1. The van der Waals surface area contributed by atoms with E-state index in [2.05, 4.69) is 0 Å². The topological polar surface area (TPSA) is 29.5 Å². The van der Waals surface area contributed by atoms with Crippen molar-refractivity contribution in [2.75, 3.05) is 13.7 Å². The number of hydrogen-bond acceptors (Lipinski definition) is 2. The van der Waals surface area contributed by atoms with Crippen LogP contribution in [0.25, 0.3) is 0 Å². The largest absolute Gasteiger partial charge is 0.496 e. The zero-order valence-corrected chi connectivity index (χ0v) is 10.7. The molecule has 4 heteroatoms. The van der Waals surface area contributed by atoms with Crippen LogP contribution in [0.2, 0.25) is 0 Å². The van der Waals surface area contributed by atoms with E-state index < -0.39 is 5.82 Å². The fourth-order valence-electron chi connectivity index (χ4n) is 1.75. The predicted molar refractivity (Wildman–Crippen MR) is 64.8 cm³/mol. The van der Waals surface area contributed by atoms with Gasteiger partial charge in [-0.3, -0.25) is 4.79 Å². The van der Waals surface area contributed by atoms with Crippen molar-refractivity contribution < 1.29 is 13.9 Å². The molecule has 0 aliphatic rings. The summed E-state index contributed by atoms with van der Waals surface area (Å²) in [5.74, 6) is -0.247. The van der Waals surface area contributed by atoms with Crippen molar-refractivity contribution in [2.45, 2.75) is 26.8 Å². The van der Waals surface area contributed by atoms with Crippen LogP contribution in [0.3, 0.4) is 0 Å². The van der Waals surface area contributed by atoms with Crippen LogP contribution in [0, 0.1) is 5.82 Å². The Bertz CT molecular complexity index is 404. The third kappa shape index (κ3) is 2.96. The van der Waals surface area contributed by atoms with Crippen LogP contribution >= 0.6 is 0 Å². The summed E-state index contributed by atoms with van der Waals surface area (Å²) in [7, 11) is 1.47. The zero-order valence-electron chi connectivity index (χ0n) is 10.7. The maximum absolute atomic E-state index is 13.2. The molecule has 1 rings (SSSR count). The summed E-state index contributed by atoms with van der Waals surface area (Å²) in [6.07, 6.45) is 0. The molecule has 0 heterocycles. The van der Waals surface area contributed by atoms with E-state index in [1.165, 1.54) is 25.3 Å². The highest BCUT2D eigenvalue weighted by molar-refractivity contribution is 5.97. The number of nitrogens with zero attached hydrogens (tertiary/aromatic N) is 1. The number of hydrogen-bond donors (Lipinski definition) is 0. The van der Waals surface area contributed by atoms with E-state index in [0.717, 1.165) is 0 Å². The minimum atomic E-state index is -0.436. The van der Waals surface area contributed by atoms with Gasteiger partial charge in [0.1, 0.15) is 11.6 Å². The predicted octanol–water partition coefficient (Wildman–Crippen LogP) is 2.70. The van der Waals surface area contributed by atoms with E-state index in [1.807, 2.05) is 20.8 Å². The second-order valence-electron chi connectivity index (χ2n) is 4.03. The SMILES string of the molecule is CCN(C(=O)c1cc(F)ccc1OC)C(C)C.